The van der Waals surface area contributed by atoms with Crippen LogP contribution in [0.5, 0.6) is 0 Å². The SMILES string of the molecule is CN(C)CCCNS(=O)(=O)c1ccsc1C(=O)NCCNC(=O)C1CCCC1. The molecule has 0 spiro atoms. The molecule has 1 heterocycles. The summed E-state index contributed by atoms with van der Waals surface area (Å²) < 4.78 is 27.5. The highest BCUT2D eigenvalue weighted by molar-refractivity contribution is 7.89. The summed E-state index contributed by atoms with van der Waals surface area (Å²) in [5, 5.41) is 7.10. The number of carbonyl (C=O) groups is 2. The normalized spacial score (nSPS) is 15.1. The molecule has 0 aliphatic heterocycles. The first-order valence-corrected chi connectivity index (χ1v) is 12.0. The van der Waals surface area contributed by atoms with E-state index >= 15 is 0 Å². The van der Waals surface area contributed by atoms with Crippen LogP contribution < -0.4 is 15.4 Å². The maximum atomic E-state index is 12.5. The van der Waals surface area contributed by atoms with Crippen molar-refractivity contribution in [3.63, 3.8) is 0 Å². The third-order valence-corrected chi connectivity index (χ3v) is 7.18. The van der Waals surface area contributed by atoms with Crippen LogP contribution in [0.1, 0.15) is 41.8 Å². The molecule has 10 heteroatoms. The first-order valence-electron chi connectivity index (χ1n) is 9.59. The molecule has 1 aromatic heterocycles. The van der Waals surface area contributed by atoms with Crippen molar-refractivity contribution in [2.45, 2.75) is 37.0 Å². The molecule has 1 aliphatic carbocycles. The second-order valence-corrected chi connectivity index (χ2v) is 9.85. The Bertz CT molecular complexity index is 755. The molecule has 2 rings (SSSR count). The fraction of sp³-hybridized carbons (Fsp3) is 0.667. The molecule has 2 amide bonds. The lowest BCUT2D eigenvalue weighted by Crippen LogP contribution is -2.37. The molecule has 0 bridgehead atoms. The van der Waals surface area contributed by atoms with Crippen LogP contribution in [-0.2, 0) is 14.8 Å². The Balaban J connectivity index is 1.80. The second-order valence-electron chi connectivity index (χ2n) is 7.20. The second kappa shape index (κ2) is 10.9. The number of rotatable bonds is 11. The zero-order chi connectivity index (χ0) is 20.6. The van der Waals surface area contributed by atoms with Crippen LogP contribution in [0, 0.1) is 5.92 Å². The summed E-state index contributed by atoms with van der Waals surface area (Å²) in [6.45, 7) is 1.67. The Labute approximate surface area is 171 Å². The molecule has 0 aromatic carbocycles. The average Bonchev–Trinajstić information content (AvgIpc) is 3.33. The summed E-state index contributed by atoms with van der Waals surface area (Å²) in [6, 6.07) is 1.44. The lowest BCUT2D eigenvalue weighted by Gasteiger charge is -2.12. The van der Waals surface area contributed by atoms with Crippen LogP contribution in [0.25, 0.3) is 0 Å². The first kappa shape index (κ1) is 22.8. The molecule has 0 saturated heterocycles. The van der Waals surface area contributed by atoms with Gasteiger partial charge in [-0.25, -0.2) is 13.1 Å². The number of amides is 2. The third kappa shape index (κ3) is 6.84. The van der Waals surface area contributed by atoms with Crippen LogP contribution >= 0.6 is 11.3 Å². The summed E-state index contributed by atoms with van der Waals surface area (Å²) in [7, 11) is 0.111. The van der Waals surface area contributed by atoms with Gasteiger partial charge in [-0.3, -0.25) is 9.59 Å². The minimum absolute atomic E-state index is 0.00477. The third-order valence-electron chi connectivity index (χ3n) is 4.63. The van der Waals surface area contributed by atoms with Crippen LogP contribution in [0.3, 0.4) is 0 Å². The van der Waals surface area contributed by atoms with E-state index in [9.17, 15) is 18.0 Å². The standard InChI is InChI=1S/C18H30N4O4S2/c1-22(2)12-5-9-21-28(25,26)15-8-13-27-16(15)18(24)20-11-10-19-17(23)14-6-3-4-7-14/h8,13-14,21H,3-7,9-12H2,1-2H3,(H,19,23)(H,20,24). The van der Waals surface area contributed by atoms with Gasteiger partial charge in [0.05, 0.1) is 0 Å². The van der Waals surface area contributed by atoms with Gasteiger partial charge in [0, 0.05) is 25.6 Å². The van der Waals surface area contributed by atoms with Gasteiger partial charge in [0.1, 0.15) is 9.77 Å². The van der Waals surface area contributed by atoms with Gasteiger partial charge >= 0.3 is 0 Å². The number of hydrogen-bond acceptors (Lipinski definition) is 6. The fourth-order valence-corrected chi connectivity index (χ4v) is 5.54. The molecule has 28 heavy (non-hydrogen) atoms. The molecule has 8 nitrogen and oxygen atoms in total. The number of thiophene rings is 1. The van der Waals surface area contributed by atoms with Crippen LogP contribution in [0.15, 0.2) is 16.3 Å². The number of nitrogens with zero attached hydrogens (tertiary/aromatic N) is 1. The Hall–Kier alpha value is -1.49. The Morgan fingerprint density at radius 3 is 2.50 bits per heavy atom. The average molecular weight is 431 g/mol. The summed E-state index contributed by atoms with van der Waals surface area (Å²) in [5.74, 6) is -0.324. The maximum Gasteiger partial charge on any atom is 0.262 e. The summed E-state index contributed by atoms with van der Waals surface area (Å²) in [6.07, 6.45) is 4.71. The van der Waals surface area contributed by atoms with E-state index < -0.39 is 15.9 Å². The number of sulfonamides is 1. The molecule has 1 saturated carbocycles. The minimum atomic E-state index is -3.73. The molecule has 1 fully saturated rings. The minimum Gasteiger partial charge on any atom is -0.354 e. The molecule has 3 N–H and O–H groups in total. The monoisotopic (exact) mass is 430 g/mol. The van der Waals surface area contributed by atoms with Crippen LogP contribution in [-0.4, -0.2) is 65.4 Å². The lowest BCUT2D eigenvalue weighted by atomic mass is 10.1. The van der Waals surface area contributed by atoms with Gasteiger partial charge in [0.25, 0.3) is 5.91 Å². The topological polar surface area (TPSA) is 108 Å². The Kier molecular flexibility index (Phi) is 8.87. The van der Waals surface area contributed by atoms with Crippen molar-refractivity contribution >= 4 is 33.2 Å². The molecule has 1 aliphatic rings. The molecule has 0 radical (unpaired) electrons. The molecule has 1 aromatic rings. The quantitative estimate of drug-likeness (QED) is 0.454. The van der Waals surface area contributed by atoms with Crippen molar-refractivity contribution in [2.75, 3.05) is 40.3 Å². The Morgan fingerprint density at radius 2 is 1.82 bits per heavy atom. The van der Waals surface area contributed by atoms with Crippen molar-refractivity contribution in [3.8, 4) is 0 Å². The molecular weight excluding hydrogens is 400 g/mol. The van der Waals surface area contributed by atoms with Gasteiger partial charge in [-0.05, 0) is 51.3 Å². The van der Waals surface area contributed by atoms with E-state index in [4.69, 9.17) is 0 Å². The summed E-state index contributed by atoms with van der Waals surface area (Å²) in [5.41, 5.74) is 0. The van der Waals surface area contributed by atoms with Crippen molar-refractivity contribution in [1.82, 2.24) is 20.3 Å². The smallest absolute Gasteiger partial charge is 0.262 e. The predicted octanol–water partition coefficient (Wildman–Crippen LogP) is 1.01. The summed E-state index contributed by atoms with van der Waals surface area (Å²) >= 11 is 1.09. The predicted molar refractivity (Wildman–Crippen MR) is 110 cm³/mol. The van der Waals surface area contributed by atoms with Crippen LogP contribution in [0.4, 0.5) is 0 Å². The summed E-state index contributed by atoms with van der Waals surface area (Å²) in [4.78, 5) is 26.5. The zero-order valence-corrected chi connectivity index (χ0v) is 18.1. The van der Waals surface area contributed by atoms with E-state index in [0.717, 1.165) is 43.6 Å². The highest BCUT2D eigenvalue weighted by atomic mass is 32.2. The molecule has 0 atom stereocenters. The fourth-order valence-electron chi connectivity index (χ4n) is 3.13. The highest BCUT2D eigenvalue weighted by Gasteiger charge is 2.24. The van der Waals surface area contributed by atoms with Gasteiger partial charge in [-0.1, -0.05) is 12.8 Å². The number of carbonyl (C=O) groups excluding carboxylic acids is 2. The van der Waals surface area contributed by atoms with Crippen molar-refractivity contribution < 1.29 is 18.0 Å². The van der Waals surface area contributed by atoms with Crippen LogP contribution in [0.2, 0.25) is 0 Å². The molecule has 158 valence electrons. The van der Waals surface area contributed by atoms with Gasteiger partial charge < -0.3 is 15.5 Å². The largest absolute Gasteiger partial charge is 0.354 e. The molecule has 0 unspecified atom stereocenters. The lowest BCUT2D eigenvalue weighted by molar-refractivity contribution is -0.124. The molecular formula is C18H30N4O4S2. The van der Waals surface area contributed by atoms with E-state index in [-0.39, 0.29) is 28.1 Å². The highest BCUT2D eigenvalue weighted by Crippen LogP contribution is 2.24. The van der Waals surface area contributed by atoms with E-state index in [1.54, 1.807) is 5.38 Å². The van der Waals surface area contributed by atoms with Crippen molar-refractivity contribution in [2.24, 2.45) is 5.92 Å². The van der Waals surface area contributed by atoms with Crippen molar-refractivity contribution in [3.05, 3.63) is 16.3 Å². The zero-order valence-electron chi connectivity index (χ0n) is 16.5. The van der Waals surface area contributed by atoms with E-state index in [2.05, 4.69) is 15.4 Å². The van der Waals surface area contributed by atoms with Crippen molar-refractivity contribution in [1.29, 1.82) is 0 Å². The van der Waals surface area contributed by atoms with Gasteiger partial charge in [0.15, 0.2) is 0 Å². The van der Waals surface area contributed by atoms with Gasteiger partial charge in [-0.15, -0.1) is 11.3 Å². The Morgan fingerprint density at radius 1 is 1.14 bits per heavy atom. The first-order chi connectivity index (χ1) is 13.3. The van der Waals surface area contributed by atoms with E-state index in [1.165, 1.54) is 6.07 Å². The van der Waals surface area contributed by atoms with Gasteiger partial charge in [-0.2, -0.15) is 0 Å². The maximum absolute atomic E-state index is 12.5. The van der Waals surface area contributed by atoms with E-state index in [0.29, 0.717) is 19.5 Å². The van der Waals surface area contributed by atoms with Gasteiger partial charge in [0.2, 0.25) is 15.9 Å². The number of hydrogen-bond donors (Lipinski definition) is 3. The number of nitrogens with one attached hydrogen (secondary N) is 3. The van der Waals surface area contributed by atoms with E-state index in [1.807, 2.05) is 19.0 Å².